The molecule has 1 aromatic rings. The summed E-state index contributed by atoms with van der Waals surface area (Å²) >= 11 is 0. The minimum absolute atomic E-state index is 0.373. The van der Waals surface area contributed by atoms with Gasteiger partial charge in [0, 0.05) is 12.6 Å². The van der Waals surface area contributed by atoms with Crippen LogP contribution >= 0.6 is 0 Å². The van der Waals surface area contributed by atoms with Gasteiger partial charge in [0.15, 0.2) is 0 Å². The predicted molar refractivity (Wildman–Crippen MR) is 60.6 cm³/mol. The zero-order chi connectivity index (χ0) is 15.4. The molecule has 0 spiro atoms. The van der Waals surface area contributed by atoms with E-state index in [1.807, 2.05) is 4.72 Å². The number of sulfonamides is 1. The summed E-state index contributed by atoms with van der Waals surface area (Å²) in [6.07, 6.45) is -5.38. The van der Waals surface area contributed by atoms with Crippen LogP contribution in [0.1, 0.15) is 6.42 Å². The number of carboxylic acid groups (broad SMARTS) is 1. The number of ether oxygens (including phenoxy) is 1. The van der Waals surface area contributed by atoms with Crippen molar-refractivity contribution in [2.45, 2.75) is 17.7 Å². The molecule has 0 aliphatic carbocycles. The molecule has 6 nitrogen and oxygen atoms in total. The van der Waals surface area contributed by atoms with Gasteiger partial charge in [0.25, 0.3) is 0 Å². The van der Waals surface area contributed by atoms with E-state index in [2.05, 4.69) is 4.74 Å². The maximum absolute atomic E-state index is 12.0. The number of alkyl halides is 3. The van der Waals surface area contributed by atoms with Gasteiger partial charge in [-0.2, -0.15) is 0 Å². The van der Waals surface area contributed by atoms with Crippen LogP contribution in [0.3, 0.4) is 0 Å². The summed E-state index contributed by atoms with van der Waals surface area (Å²) in [7, 11) is -4.09. The first-order valence-electron chi connectivity index (χ1n) is 5.17. The normalized spacial score (nSPS) is 12.2. The maximum Gasteiger partial charge on any atom is 0.573 e. The van der Waals surface area contributed by atoms with E-state index in [9.17, 15) is 26.4 Å². The van der Waals surface area contributed by atoms with E-state index in [1.54, 1.807) is 0 Å². The molecule has 0 aromatic heterocycles. The predicted octanol–water partition coefficient (Wildman–Crippen LogP) is 1.34. The Morgan fingerprint density at radius 1 is 1.35 bits per heavy atom. The molecule has 0 aliphatic rings. The van der Waals surface area contributed by atoms with Gasteiger partial charge >= 0.3 is 12.3 Å². The Kier molecular flexibility index (Phi) is 4.95. The molecular formula is C10H10F3NO5S. The Labute approximate surface area is 112 Å². The zero-order valence-corrected chi connectivity index (χ0v) is 10.7. The third-order valence-electron chi connectivity index (χ3n) is 1.98. The first kappa shape index (κ1) is 16.2. The summed E-state index contributed by atoms with van der Waals surface area (Å²) in [5.41, 5.74) is 0. The number of nitrogens with one attached hydrogen (secondary N) is 1. The zero-order valence-electron chi connectivity index (χ0n) is 9.85. The average Bonchev–Trinajstić information content (AvgIpc) is 2.26. The molecule has 0 bridgehead atoms. The van der Waals surface area contributed by atoms with Gasteiger partial charge in [-0.25, -0.2) is 13.1 Å². The molecule has 2 N–H and O–H groups in total. The highest BCUT2D eigenvalue weighted by atomic mass is 32.2. The van der Waals surface area contributed by atoms with E-state index in [4.69, 9.17) is 5.11 Å². The van der Waals surface area contributed by atoms with E-state index in [-0.39, 0.29) is 6.54 Å². The molecule has 20 heavy (non-hydrogen) atoms. The van der Waals surface area contributed by atoms with Crippen molar-refractivity contribution in [3.05, 3.63) is 24.3 Å². The molecular weight excluding hydrogens is 303 g/mol. The summed E-state index contributed by atoms with van der Waals surface area (Å²) in [6.45, 7) is -0.373. The van der Waals surface area contributed by atoms with Crippen molar-refractivity contribution >= 4 is 16.0 Å². The van der Waals surface area contributed by atoms with Gasteiger partial charge in [0.1, 0.15) is 5.75 Å². The van der Waals surface area contributed by atoms with E-state index < -0.39 is 39.4 Å². The Balaban J connectivity index is 2.85. The largest absolute Gasteiger partial charge is 0.573 e. The van der Waals surface area contributed by atoms with Crippen molar-refractivity contribution in [3.63, 3.8) is 0 Å². The SMILES string of the molecule is O=C(O)CCNS(=O)(=O)c1cccc(OC(F)(F)F)c1. The lowest BCUT2D eigenvalue weighted by molar-refractivity contribution is -0.274. The van der Waals surface area contributed by atoms with Gasteiger partial charge in [0.05, 0.1) is 11.3 Å². The lowest BCUT2D eigenvalue weighted by Gasteiger charge is -2.10. The minimum Gasteiger partial charge on any atom is -0.481 e. The number of hydrogen-bond donors (Lipinski definition) is 2. The van der Waals surface area contributed by atoms with Crippen LogP contribution in [0.15, 0.2) is 29.2 Å². The fourth-order valence-electron chi connectivity index (χ4n) is 1.21. The molecule has 0 amide bonds. The summed E-state index contributed by atoms with van der Waals surface area (Å²) in [4.78, 5) is 9.80. The van der Waals surface area contributed by atoms with Gasteiger partial charge < -0.3 is 9.84 Å². The summed E-state index contributed by atoms with van der Waals surface area (Å²) in [6, 6.07) is 3.78. The van der Waals surface area contributed by atoms with Crippen LogP contribution in [0.2, 0.25) is 0 Å². The van der Waals surface area contributed by atoms with Crippen LogP contribution < -0.4 is 9.46 Å². The summed E-state index contributed by atoms with van der Waals surface area (Å²) in [5, 5.41) is 8.37. The average molecular weight is 313 g/mol. The van der Waals surface area contributed by atoms with Gasteiger partial charge in [0.2, 0.25) is 10.0 Å². The number of rotatable bonds is 6. The molecule has 0 heterocycles. The van der Waals surface area contributed by atoms with Crippen LogP contribution in [0.5, 0.6) is 5.75 Å². The topological polar surface area (TPSA) is 92.7 Å². The molecule has 0 aliphatic heterocycles. The van der Waals surface area contributed by atoms with Gasteiger partial charge in [-0.1, -0.05) is 6.07 Å². The van der Waals surface area contributed by atoms with Crippen molar-refractivity contribution in [2.75, 3.05) is 6.54 Å². The third-order valence-corrected chi connectivity index (χ3v) is 3.44. The Morgan fingerprint density at radius 3 is 2.55 bits per heavy atom. The van der Waals surface area contributed by atoms with Gasteiger partial charge in [-0.3, -0.25) is 4.79 Å². The second-order valence-corrected chi connectivity index (χ2v) is 5.33. The molecule has 112 valence electrons. The first-order valence-corrected chi connectivity index (χ1v) is 6.66. The lowest BCUT2D eigenvalue weighted by Crippen LogP contribution is -2.26. The monoisotopic (exact) mass is 313 g/mol. The van der Waals surface area contributed by atoms with Crippen LogP contribution in [0, 0.1) is 0 Å². The van der Waals surface area contributed by atoms with E-state index >= 15 is 0 Å². The Morgan fingerprint density at radius 2 is 2.00 bits per heavy atom. The van der Waals surface area contributed by atoms with E-state index in [0.29, 0.717) is 6.07 Å². The lowest BCUT2D eigenvalue weighted by atomic mass is 10.3. The molecule has 0 saturated heterocycles. The minimum atomic E-state index is -4.93. The van der Waals surface area contributed by atoms with Crippen molar-refractivity contribution in [1.82, 2.24) is 4.72 Å². The number of halogens is 3. The van der Waals surface area contributed by atoms with Crippen molar-refractivity contribution in [2.24, 2.45) is 0 Å². The highest BCUT2D eigenvalue weighted by Crippen LogP contribution is 2.24. The van der Waals surface area contributed by atoms with Crippen molar-refractivity contribution in [1.29, 1.82) is 0 Å². The number of carboxylic acids is 1. The molecule has 0 unspecified atom stereocenters. The first-order chi connectivity index (χ1) is 9.10. The Hall–Kier alpha value is -1.81. The quantitative estimate of drug-likeness (QED) is 0.826. The fourth-order valence-corrected chi connectivity index (χ4v) is 2.28. The third kappa shape index (κ3) is 5.45. The molecule has 0 radical (unpaired) electrons. The summed E-state index contributed by atoms with van der Waals surface area (Å²) < 4.78 is 65.0. The fraction of sp³-hybridized carbons (Fsp3) is 0.300. The maximum atomic E-state index is 12.0. The molecule has 1 rings (SSSR count). The van der Waals surface area contributed by atoms with Crippen LogP contribution in [-0.2, 0) is 14.8 Å². The van der Waals surface area contributed by atoms with E-state index in [1.165, 1.54) is 0 Å². The molecule has 0 saturated carbocycles. The second kappa shape index (κ2) is 6.09. The van der Waals surface area contributed by atoms with Crippen LogP contribution in [0.4, 0.5) is 13.2 Å². The number of carbonyl (C=O) groups is 1. The van der Waals surface area contributed by atoms with E-state index in [0.717, 1.165) is 18.2 Å². The number of hydrogen-bond acceptors (Lipinski definition) is 4. The standard InChI is InChI=1S/C10H10F3NO5S/c11-10(12,13)19-7-2-1-3-8(6-7)20(17,18)14-5-4-9(15)16/h1-3,6,14H,4-5H2,(H,15,16). The summed E-state index contributed by atoms with van der Waals surface area (Å²) in [5.74, 6) is -1.89. The van der Waals surface area contributed by atoms with Crippen molar-refractivity contribution in [3.8, 4) is 5.75 Å². The molecule has 0 fully saturated rings. The highest BCUT2D eigenvalue weighted by Gasteiger charge is 2.31. The smallest absolute Gasteiger partial charge is 0.481 e. The second-order valence-electron chi connectivity index (χ2n) is 3.56. The molecule has 0 atom stereocenters. The molecule has 1 aromatic carbocycles. The highest BCUT2D eigenvalue weighted by molar-refractivity contribution is 7.89. The number of aliphatic carboxylic acids is 1. The number of benzene rings is 1. The Bertz CT molecular complexity index is 585. The molecule has 10 heteroatoms. The van der Waals surface area contributed by atoms with Crippen molar-refractivity contribution < 1.29 is 36.2 Å². The van der Waals surface area contributed by atoms with Crippen LogP contribution in [-0.4, -0.2) is 32.4 Å². The van der Waals surface area contributed by atoms with Crippen LogP contribution in [0.25, 0.3) is 0 Å². The van der Waals surface area contributed by atoms with Gasteiger partial charge in [-0.05, 0) is 12.1 Å². The van der Waals surface area contributed by atoms with Gasteiger partial charge in [-0.15, -0.1) is 13.2 Å².